The van der Waals surface area contributed by atoms with Gasteiger partial charge in [-0.3, -0.25) is 4.79 Å². The van der Waals surface area contributed by atoms with Crippen LogP contribution in [0.4, 0.5) is 5.82 Å². The summed E-state index contributed by atoms with van der Waals surface area (Å²) in [5.41, 5.74) is 9.94. The Morgan fingerprint density at radius 1 is 1.10 bits per heavy atom. The summed E-state index contributed by atoms with van der Waals surface area (Å²) in [5, 5.41) is 3.01. The van der Waals surface area contributed by atoms with Gasteiger partial charge >= 0.3 is 0 Å². The van der Waals surface area contributed by atoms with E-state index in [1.54, 1.807) is 0 Å². The number of nitrogens with two attached hydrogens (primary N) is 1. The molecular weight excluding hydrogens is 366 g/mol. The summed E-state index contributed by atoms with van der Waals surface area (Å²) in [7, 11) is 0. The fourth-order valence-electron chi connectivity index (χ4n) is 4.72. The quantitative estimate of drug-likeness (QED) is 0.706. The Morgan fingerprint density at radius 2 is 1.86 bits per heavy atom. The molecular formula is C22H27N5O2. The number of carbonyl (C=O) groups excluding carboxylic acids is 1. The molecule has 1 saturated carbocycles. The smallest absolute Gasteiger partial charge is 0.257 e. The lowest BCUT2D eigenvalue weighted by molar-refractivity contribution is 0.0859. The summed E-state index contributed by atoms with van der Waals surface area (Å²) in [4.78, 5) is 22.8. The van der Waals surface area contributed by atoms with E-state index in [4.69, 9.17) is 20.4 Å². The molecule has 5 rings (SSSR count). The van der Waals surface area contributed by atoms with Crippen LogP contribution in [0.3, 0.4) is 0 Å². The lowest BCUT2D eigenvalue weighted by atomic mass is 9.95. The second-order valence-electron chi connectivity index (χ2n) is 8.15. The predicted molar refractivity (Wildman–Crippen MR) is 113 cm³/mol. The third-order valence-electron chi connectivity index (χ3n) is 6.21. The first-order chi connectivity index (χ1) is 14.2. The second kappa shape index (κ2) is 7.63. The maximum Gasteiger partial charge on any atom is 0.257 e. The molecule has 0 bridgehead atoms. The van der Waals surface area contributed by atoms with Gasteiger partial charge in [-0.2, -0.15) is 0 Å². The van der Waals surface area contributed by atoms with E-state index < -0.39 is 0 Å². The molecule has 1 aliphatic heterocycles. The van der Waals surface area contributed by atoms with E-state index in [0.717, 1.165) is 49.0 Å². The largest absolute Gasteiger partial charge is 0.384 e. The fraction of sp³-hybridized carbons (Fsp3) is 0.500. The highest BCUT2D eigenvalue weighted by atomic mass is 16.5. The van der Waals surface area contributed by atoms with Crippen molar-refractivity contribution < 1.29 is 9.53 Å². The topological polar surface area (TPSA) is 95.1 Å². The number of aromatic nitrogens is 3. The molecule has 2 aliphatic rings. The maximum atomic E-state index is 13.1. The second-order valence-corrected chi connectivity index (χ2v) is 8.15. The molecule has 1 aliphatic carbocycles. The van der Waals surface area contributed by atoms with Crippen LogP contribution in [0.5, 0.6) is 0 Å². The summed E-state index contributed by atoms with van der Waals surface area (Å²) in [6.45, 7) is 1.26. The van der Waals surface area contributed by atoms with Gasteiger partial charge in [0.15, 0.2) is 5.65 Å². The summed E-state index contributed by atoms with van der Waals surface area (Å²) >= 11 is 0. The Labute approximate surface area is 169 Å². The number of anilines is 1. The normalized spacial score (nSPS) is 20.5. The van der Waals surface area contributed by atoms with Crippen molar-refractivity contribution in [3.63, 3.8) is 0 Å². The number of nitrogens with zero attached hydrogens (tertiary/aromatic N) is 3. The third-order valence-corrected chi connectivity index (χ3v) is 6.21. The first-order valence-electron chi connectivity index (χ1n) is 10.7. The van der Waals surface area contributed by atoms with Gasteiger partial charge in [-0.05, 0) is 37.8 Å². The first-order valence-corrected chi connectivity index (χ1v) is 10.7. The number of benzene rings is 1. The number of ether oxygens (including phenoxy) is 1. The summed E-state index contributed by atoms with van der Waals surface area (Å²) < 4.78 is 7.70. The van der Waals surface area contributed by atoms with Crippen LogP contribution in [-0.2, 0) is 4.74 Å². The molecule has 7 heteroatoms. The van der Waals surface area contributed by atoms with E-state index in [-0.39, 0.29) is 18.1 Å². The van der Waals surface area contributed by atoms with Crippen molar-refractivity contribution in [1.29, 1.82) is 0 Å². The Balaban J connectivity index is 1.60. The average molecular weight is 393 g/mol. The molecule has 0 unspecified atom stereocenters. The molecule has 29 heavy (non-hydrogen) atoms. The van der Waals surface area contributed by atoms with Crippen molar-refractivity contribution in [3.8, 4) is 0 Å². The van der Waals surface area contributed by atoms with Crippen LogP contribution >= 0.6 is 0 Å². The number of fused-ring (bicyclic) bond motifs is 2. The maximum absolute atomic E-state index is 13.1. The highest BCUT2D eigenvalue weighted by Crippen LogP contribution is 2.37. The van der Waals surface area contributed by atoms with Gasteiger partial charge in [0.25, 0.3) is 5.91 Å². The van der Waals surface area contributed by atoms with Crippen LogP contribution in [-0.4, -0.2) is 39.7 Å². The van der Waals surface area contributed by atoms with Gasteiger partial charge in [0.2, 0.25) is 0 Å². The number of amides is 1. The zero-order valence-corrected chi connectivity index (χ0v) is 16.6. The van der Waals surface area contributed by atoms with Crippen molar-refractivity contribution in [2.75, 3.05) is 18.9 Å². The lowest BCUT2D eigenvalue weighted by Gasteiger charge is -2.25. The van der Waals surface area contributed by atoms with Gasteiger partial charge in [0, 0.05) is 19.2 Å². The lowest BCUT2D eigenvalue weighted by Crippen LogP contribution is -2.32. The van der Waals surface area contributed by atoms with Crippen LogP contribution in [0.2, 0.25) is 0 Å². The molecule has 1 amide bonds. The van der Waals surface area contributed by atoms with Gasteiger partial charge in [-0.1, -0.05) is 31.4 Å². The van der Waals surface area contributed by atoms with Crippen LogP contribution in [0.15, 0.2) is 24.3 Å². The van der Waals surface area contributed by atoms with Gasteiger partial charge in [0.05, 0.1) is 17.1 Å². The third kappa shape index (κ3) is 3.33. The number of rotatable bonds is 4. The molecule has 1 atom stereocenters. The zero-order valence-electron chi connectivity index (χ0n) is 16.6. The van der Waals surface area contributed by atoms with Crippen molar-refractivity contribution in [3.05, 3.63) is 29.8 Å². The van der Waals surface area contributed by atoms with Gasteiger partial charge in [-0.25, -0.2) is 9.97 Å². The van der Waals surface area contributed by atoms with Crippen molar-refractivity contribution in [1.82, 2.24) is 19.9 Å². The fourth-order valence-corrected chi connectivity index (χ4v) is 4.72. The predicted octanol–water partition coefficient (Wildman–Crippen LogP) is 3.58. The van der Waals surface area contributed by atoms with Crippen molar-refractivity contribution in [2.24, 2.45) is 0 Å². The number of nitrogen functional groups attached to an aromatic ring is 1. The van der Waals surface area contributed by atoms with Gasteiger partial charge in [0.1, 0.15) is 16.9 Å². The number of para-hydroxylation sites is 2. The molecule has 1 aromatic carbocycles. The monoisotopic (exact) mass is 393 g/mol. The zero-order chi connectivity index (χ0) is 19.8. The highest BCUT2D eigenvalue weighted by molar-refractivity contribution is 6.10. The van der Waals surface area contributed by atoms with Crippen LogP contribution in [0.1, 0.15) is 61.3 Å². The van der Waals surface area contributed by atoms with Gasteiger partial charge in [-0.15, -0.1) is 0 Å². The number of hydrogen-bond donors (Lipinski definition) is 2. The van der Waals surface area contributed by atoms with E-state index in [0.29, 0.717) is 23.4 Å². The number of nitrogens with one attached hydrogen (secondary N) is 1. The molecule has 3 heterocycles. The molecule has 7 nitrogen and oxygen atoms in total. The number of carbonyl (C=O) groups is 1. The van der Waals surface area contributed by atoms with E-state index in [1.165, 1.54) is 19.3 Å². The summed E-state index contributed by atoms with van der Waals surface area (Å²) in [6, 6.07) is 8.02. The van der Waals surface area contributed by atoms with Crippen molar-refractivity contribution >= 4 is 33.9 Å². The average Bonchev–Trinajstić information content (AvgIpc) is 3.36. The highest BCUT2D eigenvalue weighted by Gasteiger charge is 2.29. The van der Waals surface area contributed by atoms with Gasteiger partial charge < -0.3 is 20.4 Å². The molecule has 1 saturated heterocycles. The van der Waals surface area contributed by atoms with Crippen molar-refractivity contribution in [2.45, 2.75) is 57.1 Å². The Hall–Kier alpha value is -2.67. The van der Waals surface area contributed by atoms with E-state index in [9.17, 15) is 4.79 Å². The standard InChI is InChI=1S/C22H27N5O2/c23-20-18(22(28)24-13-15-9-6-12-29-15)19-21(27(20)14-7-2-1-3-8-14)26-17-11-5-4-10-16(17)25-19/h4-5,10-11,14-15H,1-3,6-9,12-13,23H2,(H,24,28)/t15-/m1/s1. The summed E-state index contributed by atoms with van der Waals surface area (Å²) in [5.74, 6) is 0.286. The number of hydrogen-bond acceptors (Lipinski definition) is 5. The molecule has 2 fully saturated rings. The minimum atomic E-state index is -0.192. The summed E-state index contributed by atoms with van der Waals surface area (Å²) in [6.07, 6.45) is 7.80. The minimum Gasteiger partial charge on any atom is -0.384 e. The van der Waals surface area contributed by atoms with Crippen LogP contribution in [0, 0.1) is 0 Å². The molecule has 0 spiro atoms. The molecule has 0 radical (unpaired) electrons. The Bertz CT molecular complexity index is 1050. The van der Waals surface area contributed by atoms with E-state index >= 15 is 0 Å². The minimum absolute atomic E-state index is 0.0822. The molecule has 152 valence electrons. The molecule has 3 aromatic rings. The first kappa shape index (κ1) is 18.4. The van der Waals surface area contributed by atoms with E-state index in [2.05, 4.69) is 9.88 Å². The SMILES string of the molecule is Nc1c(C(=O)NC[C@H]2CCCO2)c2nc3ccccc3nc2n1C1CCCCC1. The van der Waals surface area contributed by atoms with E-state index in [1.807, 2.05) is 24.3 Å². The van der Waals surface area contributed by atoms with Crippen LogP contribution < -0.4 is 11.1 Å². The Morgan fingerprint density at radius 3 is 2.59 bits per heavy atom. The molecule has 3 N–H and O–H groups in total. The molecule has 2 aromatic heterocycles. The van der Waals surface area contributed by atoms with Crippen LogP contribution in [0.25, 0.3) is 22.2 Å². The Kier molecular flexibility index (Phi) is 4.83.